The third-order valence-corrected chi connectivity index (χ3v) is 4.57. The standard InChI is InChI=1S/C18H20N4O/c1-3-11(4-2)14-13(10-19)17(20)23-18-15(14)16(21-22-18)12-8-6-5-7-9-12/h5-9,11,14H,3-4,20H2,1-2H3,(H,21,22)/t14-/m1/s1. The van der Waals surface area contributed by atoms with Crippen LogP contribution in [0.15, 0.2) is 41.8 Å². The van der Waals surface area contributed by atoms with Crippen LogP contribution < -0.4 is 10.5 Å². The molecule has 0 amide bonds. The summed E-state index contributed by atoms with van der Waals surface area (Å²) in [5.41, 5.74) is 9.34. The van der Waals surface area contributed by atoms with Crippen LogP contribution in [-0.4, -0.2) is 10.2 Å². The Kier molecular flexibility index (Phi) is 4.07. The van der Waals surface area contributed by atoms with E-state index in [4.69, 9.17) is 10.5 Å². The first-order valence-corrected chi connectivity index (χ1v) is 7.92. The number of allylic oxidation sites excluding steroid dienone is 1. The lowest BCUT2D eigenvalue weighted by Gasteiger charge is -2.29. The summed E-state index contributed by atoms with van der Waals surface area (Å²) in [6.45, 7) is 4.27. The Morgan fingerprint density at radius 1 is 1.30 bits per heavy atom. The summed E-state index contributed by atoms with van der Waals surface area (Å²) in [4.78, 5) is 0. The summed E-state index contributed by atoms with van der Waals surface area (Å²) in [6, 6.07) is 12.2. The van der Waals surface area contributed by atoms with E-state index in [1.165, 1.54) is 0 Å². The summed E-state index contributed by atoms with van der Waals surface area (Å²) >= 11 is 0. The molecular weight excluding hydrogens is 288 g/mol. The van der Waals surface area contributed by atoms with Gasteiger partial charge in [0, 0.05) is 5.92 Å². The highest BCUT2D eigenvalue weighted by atomic mass is 16.5. The monoisotopic (exact) mass is 308 g/mol. The van der Waals surface area contributed by atoms with Gasteiger partial charge < -0.3 is 10.5 Å². The highest BCUT2D eigenvalue weighted by molar-refractivity contribution is 5.69. The van der Waals surface area contributed by atoms with E-state index in [0.29, 0.717) is 17.4 Å². The zero-order valence-corrected chi connectivity index (χ0v) is 13.3. The number of aromatic nitrogens is 2. The quantitative estimate of drug-likeness (QED) is 0.901. The van der Waals surface area contributed by atoms with E-state index >= 15 is 0 Å². The summed E-state index contributed by atoms with van der Waals surface area (Å²) in [6.07, 6.45) is 1.91. The van der Waals surface area contributed by atoms with Crippen LogP contribution in [0.3, 0.4) is 0 Å². The minimum Gasteiger partial charge on any atom is -0.420 e. The van der Waals surface area contributed by atoms with E-state index < -0.39 is 0 Å². The third kappa shape index (κ3) is 2.46. The molecule has 0 bridgehead atoms. The molecule has 0 spiro atoms. The number of nitrogens with two attached hydrogens (primary N) is 1. The number of hydrogen-bond donors (Lipinski definition) is 2. The second kappa shape index (κ2) is 6.17. The molecule has 0 saturated heterocycles. The lowest BCUT2D eigenvalue weighted by Crippen LogP contribution is -2.24. The molecule has 0 fully saturated rings. The molecule has 23 heavy (non-hydrogen) atoms. The topological polar surface area (TPSA) is 87.7 Å². The maximum absolute atomic E-state index is 9.60. The zero-order valence-electron chi connectivity index (χ0n) is 13.3. The first-order valence-electron chi connectivity index (χ1n) is 7.92. The predicted molar refractivity (Wildman–Crippen MR) is 88.3 cm³/mol. The predicted octanol–water partition coefficient (Wildman–Crippen LogP) is 3.68. The van der Waals surface area contributed by atoms with Gasteiger partial charge >= 0.3 is 0 Å². The fourth-order valence-electron chi connectivity index (χ4n) is 3.34. The summed E-state index contributed by atoms with van der Waals surface area (Å²) in [5, 5.41) is 16.9. The Morgan fingerprint density at radius 2 is 2.00 bits per heavy atom. The van der Waals surface area contributed by atoms with Crippen LogP contribution in [0.1, 0.15) is 38.2 Å². The van der Waals surface area contributed by atoms with Crippen molar-refractivity contribution in [2.45, 2.75) is 32.6 Å². The molecule has 5 nitrogen and oxygen atoms in total. The third-order valence-electron chi connectivity index (χ3n) is 4.57. The molecule has 0 saturated carbocycles. The molecule has 1 aliphatic rings. The van der Waals surface area contributed by atoms with Crippen molar-refractivity contribution in [1.82, 2.24) is 10.2 Å². The Balaban J connectivity index is 2.20. The highest BCUT2D eigenvalue weighted by Crippen LogP contribution is 2.47. The smallest absolute Gasteiger partial charge is 0.244 e. The Hall–Kier alpha value is -2.74. The molecule has 1 atom stereocenters. The normalized spacial score (nSPS) is 16.9. The molecule has 1 aromatic heterocycles. The lowest BCUT2D eigenvalue weighted by molar-refractivity contribution is 0.342. The van der Waals surface area contributed by atoms with Gasteiger partial charge in [-0.05, 0) is 11.5 Å². The van der Waals surface area contributed by atoms with Crippen molar-refractivity contribution >= 4 is 0 Å². The van der Waals surface area contributed by atoms with Gasteiger partial charge in [-0.15, -0.1) is 5.10 Å². The molecule has 5 heteroatoms. The van der Waals surface area contributed by atoms with Crippen molar-refractivity contribution < 1.29 is 4.74 Å². The number of ether oxygens (including phenoxy) is 1. The number of rotatable bonds is 4. The summed E-state index contributed by atoms with van der Waals surface area (Å²) in [5.74, 6) is 0.874. The van der Waals surface area contributed by atoms with Gasteiger partial charge in [0.1, 0.15) is 6.07 Å². The van der Waals surface area contributed by atoms with Crippen LogP contribution in [0.4, 0.5) is 0 Å². The number of benzene rings is 1. The average Bonchev–Trinajstić information content (AvgIpc) is 3.00. The number of nitriles is 1. The van der Waals surface area contributed by atoms with Crippen LogP contribution in [0.2, 0.25) is 0 Å². The summed E-state index contributed by atoms with van der Waals surface area (Å²) < 4.78 is 5.60. The van der Waals surface area contributed by atoms with Gasteiger partial charge in [-0.3, -0.25) is 5.10 Å². The van der Waals surface area contributed by atoms with Crippen molar-refractivity contribution in [3.63, 3.8) is 0 Å². The van der Waals surface area contributed by atoms with Crippen molar-refractivity contribution in [3.05, 3.63) is 47.4 Å². The molecule has 3 rings (SSSR count). The van der Waals surface area contributed by atoms with Gasteiger partial charge in [0.05, 0.1) is 16.8 Å². The SMILES string of the molecule is CCC(CC)[C@@H]1C(C#N)=C(N)Oc2n[nH]c(-c3ccccc3)c21. The largest absolute Gasteiger partial charge is 0.420 e. The number of aromatic amines is 1. The Bertz CT molecular complexity index is 766. The van der Waals surface area contributed by atoms with E-state index in [0.717, 1.165) is 29.7 Å². The van der Waals surface area contributed by atoms with E-state index in [-0.39, 0.29) is 11.8 Å². The van der Waals surface area contributed by atoms with Crippen molar-refractivity contribution in [3.8, 4) is 23.2 Å². The van der Waals surface area contributed by atoms with E-state index in [9.17, 15) is 5.26 Å². The second-order valence-corrected chi connectivity index (χ2v) is 5.73. The second-order valence-electron chi connectivity index (χ2n) is 5.73. The number of hydrogen-bond acceptors (Lipinski definition) is 4. The zero-order chi connectivity index (χ0) is 16.4. The number of nitrogens with one attached hydrogen (secondary N) is 1. The van der Waals surface area contributed by atoms with Gasteiger partial charge in [-0.1, -0.05) is 57.0 Å². The van der Waals surface area contributed by atoms with Crippen LogP contribution in [-0.2, 0) is 0 Å². The average molecular weight is 308 g/mol. The van der Waals surface area contributed by atoms with Crippen LogP contribution in [0, 0.1) is 17.2 Å². The molecule has 118 valence electrons. The van der Waals surface area contributed by atoms with Crippen LogP contribution in [0.25, 0.3) is 11.3 Å². The Morgan fingerprint density at radius 3 is 2.61 bits per heavy atom. The van der Waals surface area contributed by atoms with Crippen LogP contribution >= 0.6 is 0 Å². The fourth-order valence-corrected chi connectivity index (χ4v) is 3.34. The first-order chi connectivity index (χ1) is 11.2. The molecule has 2 aromatic rings. The molecule has 1 aliphatic heterocycles. The van der Waals surface area contributed by atoms with Crippen LogP contribution in [0.5, 0.6) is 5.88 Å². The highest BCUT2D eigenvalue weighted by Gasteiger charge is 2.37. The first kappa shape index (κ1) is 15.2. The van der Waals surface area contributed by atoms with Crippen molar-refractivity contribution in [2.24, 2.45) is 11.7 Å². The van der Waals surface area contributed by atoms with Gasteiger partial charge in [0.15, 0.2) is 0 Å². The molecule has 2 heterocycles. The molecular formula is C18H20N4O. The lowest BCUT2D eigenvalue weighted by atomic mass is 9.76. The van der Waals surface area contributed by atoms with Crippen molar-refractivity contribution in [2.75, 3.05) is 0 Å². The summed E-state index contributed by atoms with van der Waals surface area (Å²) in [7, 11) is 0. The molecule has 0 unspecified atom stereocenters. The number of fused-ring (bicyclic) bond motifs is 1. The van der Waals surface area contributed by atoms with Gasteiger partial charge in [0.25, 0.3) is 0 Å². The molecule has 0 radical (unpaired) electrons. The van der Waals surface area contributed by atoms with E-state index in [1.807, 2.05) is 30.3 Å². The maximum atomic E-state index is 9.60. The Labute approximate surface area is 135 Å². The minimum absolute atomic E-state index is 0.0901. The molecule has 3 N–H and O–H groups in total. The van der Waals surface area contributed by atoms with E-state index in [1.54, 1.807) is 0 Å². The van der Waals surface area contributed by atoms with Crippen molar-refractivity contribution in [1.29, 1.82) is 5.26 Å². The van der Waals surface area contributed by atoms with Gasteiger partial charge in [-0.2, -0.15) is 5.26 Å². The van der Waals surface area contributed by atoms with Gasteiger partial charge in [0.2, 0.25) is 11.8 Å². The number of nitrogens with zero attached hydrogens (tertiary/aromatic N) is 2. The fraction of sp³-hybridized carbons (Fsp3) is 0.333. The molecule has 0 aliphatic carbocycles. The minimum atomic E-state index is -0.0901. The van der Waals surface area contributed by atoms with Gasteiger partial charge in [-0.25, -0.2) is 0 Å². The van der Waals surface area contributed by atoms with E-state index in [2.05, 4.69) is 30.1 Å². The maximum Gasteiger partial charge on any atom is 0.244 e. The number of H-pyrrole nitrogens is 1. The molecule has 1 aromatic carbocycles.